The molecule has 0 unspecified atom stereocenters. The van der Waals surface area contributed by atoms with Gasteiger partial charge in [0.1, 0.15) is 29.0 Å². The summed E-state index contributed by atoms with van der Waals surface area (Å²) in [5, 5.41) is 0. The van der Waals surface area contributed by atoms with Crippen LogP contribution in [0.25, 0.3) is 33.9 Å². The Bertz CT molecular complexity index is 1670. The normalized spacial score (nSPS) is 13.8. The summed E-state index contributed by atoms with van der Waals surface area (Å²) < 4.78 is 67.1. The number of benzene rings is 2. The van der Waals surface area contributed by atoms with E-state index in [2.05, 4.69) is 19.9 Å². The highest BCUT2D eigenvalue weighted by molar-refractivity contribution is 5.81. The number of hydrogen-bond acceptors (Lipinski definition) is 6. The van der Waals surface area contributed by atoms with Crippen LogP contribution in [0.5, 0.6) is 5.88 Å². The molecule has 0 saturated heterocycles. The van der Waals surface area contributed by atoms with Gasteiger partial charge in [0.25, 0.3) is 0 Å². The number of rotatable bonds is 6. The van der Waals surface area contributed by atoms with Crippen molar-refractivity contribution in [1.29, 1.82) is 0 Å². The number of imidazole rings is 1. The van der Waals surface area contributed by atoms with E-state index in [-0.39, 0.29) is 11.4 Å². The Hall–Kier alpha value is -4.28. The largest absolute Gasteiger partial charge is 0.480 e. The Labute approximate surface area is 214 Å². The van der Waals surface area contributed by atoms with E-state index >= 15 is 4.39 Å². The maximum atomic E-state index is 15.1. The first-order valence-electron chi connectivity index (χ1n) is 11.9. The average molecular weight is 523 g/mol. The van der Waals surface area contributed by atoms with Crippen LogP contribution >= 0.6 is 0 Å². The SMILES string of the molecule is COc1ncnc(C2CC2)c1-c1nc2cccc(Cc3ccc(-c4nc(C(F)(F)F)cn4C)c(F)c3)c2o1. The van der Waals surface area contributed by atoms with Gasteiger partial charge in [0.2, 0.25) is 11.8 Å². The molecule has 0 spiro atoms. The number of methoxy groups -OCH3 is 1. The molecule has 7 nitrogen and oxygen atoms in total. The third-order valence-electron chi connectivity index (χ3n) is 6.55. The van der Waals surface area contributed by atoms with Crippen molar-refractivity contribution in [2.24, 2.45) is 7.05 Å². The number of ether oxygens (including phenoxy) is 1. The minimum atomic E-state index is -4.61. The number of alkyl halides is 3. The Balaban J connectivity index is 1.34. The predicted molar refractivity (Wildman–Crippen MR) is 130 cm³/mol. The minimum absolute atomic E-state index is 0.0179. The van der Waals surface area contributed by atoms with E-state index in [1.807, 2.05) is 18.2 Å². The van der Waals surface area contributed by atoms with Crippen LogP contribution in [0, 0.1) is 5.82 Å². The lowest BCUT2D eigenvalue weighted by Gasteiger charge is -2.08. The molecule has 0 radical (unpaired) electrons. The number of oxazole rings is 1. The molecule has 194 valence electrons. The zero-order chi connectivity index (χ0) is 26.6. The van der Waals surface area contributed by atoms with Gasteiger partial charge < -0.3 is 13.7 Å². The summed E-state index contributed by atoms with van der Waals surface area (Å²) in [6, 6.07) is 9.91. The lowest BCUT2D eigenvalue weighted by Crippen LogP contribution is -2.05. The average Bonchev–Trinajstić information content (AvgIpc) is 3.51. The van der Waals surface area contributed by atoms with Crippen molar-refractivity contribution in [1.82, 2.24) is 24.5 Å². The van der Waals surface area contributed by atoms with Crippen molar-refractivity contribution in [3.63, 3.8) is 0 Å². The fourth-order valence-corrected chi connectivity index (χ4v) is 4.58. The minimum Gasteiger partial charge on any atom is -0.480 e. The van der Waals surface area contributed by atoms with E-state index in [4.69, 9.17) is 9.15 Å². The quantitative estimate of drug-likeness (QED) is 0.243. The summed E-state index contributed by atoms with van der Waals surface area (Å²) >= 11 is 0. The number of hydrogen-bond donors (Lipinski definition) is 0. The summed E-state index contributed by atoms with van der Waals surface area (Å²) in [6.45, 7) is 0. The van der Waals surface area contributed by atoms with Crippen molar-refractivity contribution in [2.45, 2.75) is 31.4 Å². The topological polar surface area (TPSA) is 78.9 Å². The van der Waals surface area contributed by atoms with Crippen LogP contribution in [-0.2, 0) is 19.6 Å². The molecule has 38 heavy (non-hydrogen) atoms. The first kappa shape index (κ1) is 24.1. The molecular weight excluding hydrogens is 502 g/mol. The van der Waals surface area contributed by atoms with Crippen LogP contribution in [0.1, 0.15) is 41.3 Å². The number of aromatic nitrogens is 5. The molecule has 0 atom stereocenters. The molecule has 6 rings (SSSR count). The van der Waals surface area contributed by atoms with Gasteiger partial charge in [-0.15, -0.1) is 0 Å². The molecule has 11 heteroatoms. The van der Waals surface area contributed by atoms with Gasteiger partial charge in [0, 0.05) is 31.1 Å². The number of aryl methyl sites for hydroxylation is 1. The summed E-state index contributed by atoms with van der Waals surface area (Å²) in [4.78, 5) is 16.9. The number of nitrogens with zero attached hydrogens (tertiary/aromatic N) is 5. The zero-order valence-corrected chi connectivity index (χ0v) is 20.4. The van der Waals surface area contributed by atoms with Crippen LogP contribution < -0.4 is 4.74 Å². The molecule has 1 saturated carbocycles. The summed E-state index contributed by atoms with van der Waals surface area (Å²) in [7, 11) is 2.93. The van der Waals surface area contributed by atoms with Crippen molar-refractivity contribution in [3.8, 4) is 28.7 Å². The number of para-hydroxylation sites is 1. The van der Waals surface area contributed by atoms with E-state index in [1.165, 1.54) is 32.6 Å². The first-order chi connectivity index (χ1) is 18.2. The van der Waals surface area contributed by atoms with Gasteiger partial charge in [-0.2, -0.15) is 13.2 Å². The molecule has 0 bridgehead atoms. The lowest BCUT2D eigenvalue weighted by atomic mass is 10.0. The van der Waals surface area contributed by atoms with Gasteiger partial charge in [-0.25, -0.2) is 24.3 Å². The standard InChI is InChI=1S/C27H21F4N5O2/c1-36-12-20(27(29,30)31)35-24(36)17-9-6-14(11-18(17)28)10-16-4-3-5-19-23(16)38-26(34-19)21-22(15-7-8-15)32-13-33-25(21)37-2/h3-6,9,11-13,15H,7-8,10H2,1-2H3. The van der Waals surface area contributed by atoms with Crippen LogP contribution in [-0.4, -0.2) is 31.6 Å². The third-order valence-corrected chi connectivity index (χ3v) is 6.55. The van der Waals surface area contributed by atoms with Gasteiger partial charge in [-0.3, -0.25) is 0 Å². The molecule has 1 aliphatic carbocycles. The molecular formula is C27H21F4N5O2. The van der Waals surface area contributed by atoms with Gasteiger partial charge in [0.05, 0.1) is 18.4 Å². The second-order valence-corrected chi connectivity index (χ2v) is 9.25. The summed E-state index contributed by atoms with van der Waals surface area (Å²) in [5.74, 6) is 0.271. The van der Waals surface area contributed by atoms with Gasteiger partial charge >= 0.3 is 6.18 Å². The Morgan fingerprint density at radius 3 is 2.61 bits per heavy atom. The van der Waals surface area contributed by atoms with E-state index in [0.717, 1.165) is 34.9 Å². The van der Waals surface area contributed by atoms with Gasteiger partial charge in [-0.05, 0) is 36.6 Å². The van der Waals surface area contributed by atoms with E-state index in [1.54, 1.807) is 6.07 Å². The van der Waals surface area contributed by atoms with Crippen LogP contribution in [0.2, 0.25) is 0 Å². The maximum Gasteiger partial charge on any atom is 0.434 e. The number of fused-ring (bicyclic) bond motifs is 1. The fourth-order valence-electron chi connectivity index (χ4n) is 4.58. The zero-order valence-electron chi connectivity index (χ0n) is 20.4. The van der Waals surface area contributed by atoms with E-state index < -0.39 is 17.7 Å². The highest BCUT2D eigenvalue weighted by Crippen LogP contribution is 2.46. The van der Waals surface area contributed by atoms with E-state index in [0.29, 0.717) is 46.3 Å². The lowest BCUT2D eigenvalue weighted by molar-refractivity contribution is -0.140. The fraction of sp³-hybridized carbons (Fsp3) is 0.259. The van der Waals surface area contributed by atoms with Gasteiger partial charge in [-0.1, -0.05) is 18.2 Å². The number of halogens is 4. The maximum absolute atomic E-state index is 15.1. The molecule has 2 aromatic carbocycles. The Morgan fingerprint density at radius 2 is 1.92 bits per heavy atom. The highest BCUT2D eigenvalue weighted by atomic mass is 19.4. The van der Waals surface area contributed by atoms with E-state index in [9.17, 15) is 13.2 Å². The van der Waals surface area contributed by atoms with Crippen LogP contribution in [0.4, 0.5) is 17.6 Å². The molecule has 3 aromatic heterocycles. The van der Waals surface area contributed by atoms with Crippen molar-refractivity contribution >= 4 is 11.1 Å². The predicted octanol–water partition coefficient (Wildman–Crippen LogP) is 6.32. The Kier molecular flexibility index (Phi) is 5.66. The third kappa shape index (κ3) is 4.27. The molecule has 0 N–H and O–H groups in total. The van der Waals surface area contributed by atoms with Crippen molar-refractivity contribution in [3.05, 3.63) is 77.3 Å². The molecule has 5 aromatic rings. The monoisotopic (exact) mass is 523 g/mol. The summed E-state index contributed by atoms with van der Waals surface area (Å²) in [6.07, 6.45) is 0.0568. The second-order valence-electron chi connectivity index (χ2n) is 9.25. The summed E-state index contributed by atoms with van der Waals surface area (Å²) in [5.41, 5.74) is 2.92. The van der Waals surface area contributed by atoms with Crippen LogP contribution in [0.3, 0.4) is 0 Å². The molecule has 1 fully saturated rings. The first-order valence-corrected chi connectivity index (χ1v) is 11.9. The molecule has 3 heterocycles. The molecule has 0 amide bonds. The van der Waals surface area contributed by atoms with Gasteiger partial charge in [0.15, 0.2) is 11.3 Å². The highest BCUT2D eigenvalue weighted by Gasteiger charge is 2.35. The molecule has 0 aliphatic heterocycles. The second kappa shape index (κ2) is 8.93. The van der Waals surface area contributed by atoms with Crippen molar-refractivity contribution in [2.75, 3.05) is 7.11 Å². The van der Waals surface area contributed by atoms with Crippen molar-refractivity contribution < 1.29 is 26.7 Å². The van der Waals surface area contributed by atoms with Crippen LogP contribution in [0.15, 0.2) is 53.3 Å². The molecule has 1 aliphatic rings. The Morgan fingerprint density at radius 1 is 1.11 bits per heavy atom. The smallest absolute Gasteiger partial charge is 0.434 e.